The average Bonchev–Trinajstić information content (AvgIpc) is 2.47. The van der Waals surface area contributed by atoms with Crippen molar-refractivity contribution >= 4 is 27.8 Å². The summed E-state index contributed by atoms with van der Waals surface area (Å²) in [6.45, 7) is 2.72. The second-order valence-electron chi connectivity index (χ2n) is 4.65. The first-order valence-corrected chi connectivity index (χ1v) is 7.67. The molecule has 122 valence electrons. The largest absolute Gasteiger partial charge is 0.493 e. The first-order valence-electron chi connectivity index (χ1n) is 6.88. The fourth-order valence-electron chi connectivity index (χ4n) is 1.92. The Morgan fingerprint density at radius 3 is 2.59 bits per heavy atom. The highest BCUT2D eigenvalue weighted by atomic mass is 79.9. The van der Waals surface area contributed by atoms with Crippen molar-refractivity contribution in [2.75, 3.05) is 27.3 Å². The Kier molecular flexibility index (Phi) is 7.17. The number of carboxylic acids is 1. The molecule has 1 rings (SSSR count). The van der Waals surface area contributed by atoms with Crippen molar-refractivity contribution < 1.29 is 24.2 Å². The highest BCUT2D eigenvalue weighted by Crippen LogP contribution is 2.36. The Bertz CT molecular complexity index is 547. The van der Waals surface area contributed by atoms with Crippen LogP contribution in [0.25, 0.3) is 0 Å². The van der Waals surface area contributed by atoms with Crippen LogP contribution in [0.4, 0.5) is 0 Å². The summed E-state index contributed by atoms with van der Waals surface area (Å²) in [6.07, 6.45) is 0.445. The van der Waals surface area contributed by atoms with Crippen LogP contribution in [0.3, 0.4) is 0 Å². The van der Waals surface area contributed by atoms with Gasteiger partial charge in [-0.15, -0.1) is 0 Å². The number of amides is 1. The quantitative estimate of drug-likeness (QED) is 0.757. The molecule has 0 saturated carbocycles. The summed E-state index contributed by atoms with van der Waals surface area (Å²) in [5.74, 6) is -0.0487. The number of nitrogens with zero attached hydrogens (tertiary/aromatic N) is 1. The minimum Gasteiger partial charge on any atom is -0.493 e. The van der Waals surface area contributed by atoms with Crippen molar-refractivity contribution in [2.24, 2.45) is 0 Å². The third kappa shape index (κ3) is 4.91. The fraction of sp³-hybridized carbons (Fsp3) is 0.467. The number of aliphatic carboxylic acids is 1. The van der Waals surface area contributed by atoms with Gasteiger partial charge in [0.2, 0.25) is 0 Å². The summed E-state index contributed by atoms with van der Waals surface area (Å²) in [7, 11) is 3.15. The van der Waals surface area contributed by atoms with Gasteiger partial charge in [-0.1, -0.05) is 0 Å². The van der Waals surface area contributed by atoms with Gasteiger partial charge in [0, 0.05) is 25.6 Å². The number of carboxylic acid groups (broad SMARTS) is 1. The van der Waals surface area contributed by atoms with Crippen LogP contribution < -0.4 is 9.47 Å². The number of ether oxygens (including phenoxy) is 2. The van der Waals surface area contributed by atoms with Gasteiger partial charge in [0.1, 0.15) is 0 Å². The van der Waals surface area contributed by atoms with Gasteiger partial charge in [-0.2, -0.15) is 0 Å². The molecule has 1 aromatic rings. The van der Waals surface area contributed by atoms with E-state index in [4.69, 9.17) is 14.6 Å². The molecule has 1 N–H and O–H groups in total. The zero-order valence-corrected chi connectivity index (χ0v) is 14.5. The molecule has 0 atom stereocenters. The summed E-state index contributed by atoms with van der Waals surface area (Å²) in [5.41, 5.74) is 0.449. The van der Waals surface area contributed by atoms with Crippen LogP contribution in [0, 0.1) is 0 Å². The number of halogens is 1. The van der Waals surface area contributed by atoms with Gasteiger partial charge >= 0.3 is 5.97 Å². The molecule has 22 heavy (non-hydrogen) atoms. The van der Waals surface area contributed by atoms with Gasteiger partial charge < -0.3 is 19.5 Å². The Balaban J connectivity index is 2.89. The molecule has 0 fully saturated rings. The normalized spacial score (nSPS) is 10.2. The lowest BCUT2D eigenvalue weighted by Gasteiger charge is -2.18. The summed E-state index contributed by atoms with van der Waals surface area (Å²) in [4.78, 5) is 24.4. The summed E-state index contributed by atoms with van der Waals surface area (Å²) in [6, 6.07) is 3.29. The van der Waals surface area contributed by atoms with Crippen LogP contribution in [-0.4, -0.2) is 49.2 Å². The lowest BCUT2D eigenvalue weighted by atomic mass is 10.1. The van der Waals surface area contributed by atoms with E-state index in [2.05, 4.69) is 15.9 Å². The van der Waals surface area contributed by atoms with Crippen molar-refractivity contribution in [1.29, 1.82) is 0 Å². The zero-order chi connectivity index (χ0) is 16.7. The number of hydrogen-bond acceptors (Lipinski definition) is 4. The Morgan fingerprint density at radius 1 is 1.36 bits per heavy atom. The summed E-state index contributed by atoms with van der Waals surface area (Å²) in [5, 5.41) is 8.63. The van der Waals surface area contributed by atoms with E-state index < -0.39 is 5.97 Å². The van der Waals surface area contributed by atoms with Gasteiger partial charge in [-0.3, -0.25) is 9.59 Å². The smallest absolute Gasteiger partial charge is 0.303 e. The number of hydrogen-bond donors (Lipinski definition) is 1. The highest BCUT2D eigenvalue weighted by Gasteiger charge is 2.18. The molecular formula is C15H20BrNO5. The van der Waals surface area contributed by atoms with Crippen LogP contribution >= 0.6 is 15.9 Å². The van der Waals surface area contributed by atoms with Crippen molar-refractivity contribution in [2.45, 2.75) is 19.8 Å². The maximum absolute atomic E-state index is 12.4. The number of benzene rings is 1. The van der Waals surface area contributed by atoms with Crippen LogP contribution in [0.5, 0.6) is 11.5 Å². The number of methoxy groups -OCH3 is 1. The van der Waals surface area contributed by atoms with Crippen molar-refractivity contribution in [3.63, 3.8) is 0 Å². The third-order valence-corrected chi connectivity index (χ3v) is 3.58. The zero-order valence-electron chi connectivity index (χ0n) is 12.9. The molecule has 6 nitrogen and oxygen atoms in total. The highest BCUT2D eigenvalue weighted by molar-refractivity contribution is 9.10. The van der Waals surface area contributed by atoms with Crippen molar-refractivity contribution in [3.8, 4) is 11.5 Å². The monoisotopic (exact) mass is 373 g/mol. The molecule has 0 aromatic heterocycles. The molecule has 0 spiro atoms. The van der Waals surface area contributed by atoms with E-state index in [-0.39, 0.29) is 12.3 Å². The van der Waals surface area contributed by atoms with Crippen LogP contribution in [0.15, 0.2) is 16.6 Å². The predicted octanol–water partition coefficient (Wildman–Crippen LogP) is 2.79. The first-order chi connectivity index (χ1) is 10.4. The van der Waals surface area contributed by atoms with E-state index in [1.54, 1.807) is 19.2 Å². The van der Waals surface area contributed by atoms with E-state index in [0.717, 1.165) is 0 Å². The molecule has 0 aliphatic carbocycles. The topological polar surface area (TPSA) is 76.1 Å². The van der Waals surface area contributed by atoms with Gasteiger partial charge in [-0.25, -0.2) is 0 Å². The standard InChI is InChI=1S/C15H20BrNO5/c1-4-22-14-11(16)8-10(9-12(14)21-3)15(20)17(2)7-5-6-13(18)19/h8-9H,4-7H2,1-3H3,(H,18,19). The van der Waals surface area contributed by atoms with Gasteiger partial charge in [0.05, 0.1) is 18.2 Å². The van der Waals surface area contributed by atoms with Crippen molar-refractivity contribution in [3.05, 3.63) is 22.2 Å². The fourth-order valence-corrected chi connectivity index (χ4v) is 2.47. The maximum atomic E-state index is 12.4. The van der Waals surface area contributed by atoms with Crippen molar-refractivity contribution in [1.82, 2.24) is 4.90 Å². The van der Waals surface area contributed by atoms with E-state index in [1.165, 1.54) is 12.0 Å². The molecule has 0 aliphatic rings. The van der Waals surface area contributed by atoms with Crippen LogP contribution in [0.2, 0.25) is 0 Å². The van der Waals surface area contributed by atoms with E-state index in [0.29, 0.717) is 41.1 Å². The maximum Gasteiger partial charge on any atom is 0.303 e. The Hall–Kier alpha value is -1.76. The van der Waals surface area contributed by atoms with Crippen LogP contribution in [0.1, 0.15) is 30.1 Å². The minimum absolute atomic E-state index is 0.0356. The molecule has 0 bridgehead atoms. The lowest BCUT2D eigenvalue weighted by molar-refractivity contribution is -0.137. The molecular weight excluding hydrogens is 354 g/mol. The molecule has 7 heteroatoms. The van der Waals surface area contributed by atoms with E-state index >= 15 is 0 Å². The van der Waals surface area contributed by atoms with Crippen LogP contribution in [-0.2, 0) is 4.79 Å². The molecule has 0 aliphatic heterocycles. The van der Waals surface area contributed by atoms with E-state index in [9.17, 15) is 9.59 Å². The molecule has 0 saturated heterocycles. The first kappa shape index (κ1) is 18.3. The third-order valence-electron chi connectivity index (χ3n) is 3.00. The number of carbonyl (C=O) groups is 2. The molecule has 1 amide bonds. The minimum atomic E-state index is -0.869. The molecule has 1 aromatic carbocycles. The SMILES string of the molecule is CCOc1c(Br)cc(C(=O)N(C)CCCC(=O)O)cc1OC. The lowest BCUT2D eigenvalue weighted by Crippen LogP contribution is -2.28. The van der Waals surface area contributed by atoms with Gasteiger partial charge in [-0.05, 0) is 41.4 Å². The molecule has 0 heterocycles. The van der Waals surface area contributed by atoms with Gasteiger partial charge in [0.15, 0.2) is 11.5 Å². The summed E-state index contributed by atoms with van der Waals surface area (Å²) >= 11 is 3.38. The second-order valence-corrected chi connectivity index (χ2v) is 5.50. The Morgan fingerprint density at radius 2 is 2.05 bits per heavy atom. The molecule has 0 unspecified atom stereocenters. The Labute approximate surface area is 138 Å². The summed E-state index contributed by atoms with van der Waals surface area (Å²) < 4.78 is 11.4. The average molecular weight is 374 g/mol. The second kappa shape index (κ2) is 8.63. The molecule has 0 radical (unpaired) electrons. The predicted molar refractivity (Wildman–Crippen MR) is 85.7 cm³/mol. The number of rotatable bonds is 8. The van der Waals surface area contributed by atoms with E-state index in [1.807, 2.05) is 6.92 Å². The number of carbonyl (C=O) groups excluding carboxylic acids is 1. The van der Waals surface area contributed by atoms with Gasteiger partial charge in [0.25, 0.3) is 5.91 Å².